The van der Waals surface area contributed by atoms with Gasteiger partial charge in [-0.2, -0.15) is 5.26 Å². The minimum absolute atomic E-state index is 0.0182. The lowest BCUT2D eigenvalue weighted by Gasteiger charge is -2.30. The van der Waals surface area contributed by atoms with Crippen molar-refractivity contribution in [2.45, 2.75) is 12.8 Å². The van der Waals surface area contributed by atoms with Crippen molar-refractivity contribution in [3.8, 4) is 6.07 Å². The second-order valence-electron chi connectivity index (χ2n) is 7.21. The van der Waals surface area contributed by atoms with Crippen LogP contribution < -0.4 is 10.6 Å². The van der Waals surface area contributed by atoms with Gasteiger partial charge in [-0.05, 0) is 31.2 Å². The molecule has 0 bridgehead atoms. The van der Waals surface area contributed by atoms with E-state index in [0.29, 0.717) is 5.69 Å². The number of nitriles is 1. The first kappa shape index (κ1) is 25.9. The summed E-state index contributed by atoms with van der Waals surface area (Å²) in [5, 5.41) is 26.9. The van der Waals surface area contributed by atoms with Crippen molar-refractivity contribution in [1.29, 1.82) is 5.26 Å². The number of halogens is 1. The standard InChI is InChI=1S/C23H19BrN4O6S/c1-2-34-23(31)20-19(15-5-3-4-6-17(15)28(32)33)16(11-25)22(27-21(20)30)35-12-18(29)26-14-9-7-13(24)8-10-14/h3-10,19-20H,2,12H2,1H3,(H,26,29)(H,27,30). The van der Waals surface area contributed by atoms with Crippen LogP contribution in [0.25, 0.3) is 0 Å². The van der Waals surface area contributed by atoms with Gasteiger partial charge < -0.3 is 15.4 Å². The van der Waals surface area contributed by atoms with E-state index in [1.54, 1.807) is 31.2 Å². The number of nitrogens with one attached hydrogen (secondary N) is 2. The zero-order valence-corrected chi connectivity index (χ0v) is 20.7. The first-order valence-electron chi connectivity index (χ1n) is 10.3. The van der Waals surface area contributed by atoms with Crippen molar-refractivity contribution < 1.29 is 24.0 Å². The molecule has 10 nitrogen and oxygen atoms in total. The van der Waals surface area contributed by atoms with Crippen LogP contribution in [0.3, 0.4) is 0 Å². The predicted octanol–water partition coefficient (Wildman–Crippen LogP) is 3.86. The number of esters is 1. The third-order valence-corrected chi connectivity index (χ3v) is 6.56. The van der Waals surface area contributed by atoms with Crippen molar-refractivity contribution in [2.24, 2.45) is 5.92 Å². The molecule has 1 aliphatic heterocycles. The number of nitro groups is 1. The number of ether oxygens (including phenoxy) is 1. The molecule has 3 rings (SSSR count). The van der Waals surface area contributed by atoms with Crippen molar-refractivity contribution in [1.82, 2.24) is 5.32 Å². The Morgan fingerprint density at radius 2 is 1.94 bits per heavy atom. The van der Waals surface area contributed by atoms with E-state index in [4.69, 9.17) is 4.74 Å². The van der Waals surface area contributed by atoms with Gasteiger partial charge in [0.2, 0.25) is 11.8 Å². The number of carbonyl (C=O) groups is 3. The number of carbonyl (C=O) groups excluding carboxylic acids is 3. The topological polar surface area (TPSA) is 151 Å². The summed E-state index contributed by atoms with van der Waals surface area (Å²) >= 11 is 4.20. The van der Waals surface area contributed by atoms with E-state index in [1.807, 2.05) is 6.07 Å². The fourth-order valence-corrected chi connectivity index (χ4v) is 4.66. The molecule has 1 aliphatic rings. The average molecular weight is 559 g/mol. The maximum absolute atomic E-state index is 13.0. The van der Waals surface area contributed by atoms with Gasteiger partial charge in [-0.25, -0.2) is 0 Å². The van der Waals surface area contributed by atoms with Gasteiger partial charge in [-0.15, -0.1) is 0 Å². The first-order chi connectivity index (χ1) is 16.8. The van der Waals surface area contributed by atoms with Gasteiger partial charge in [0.25, 0.3) is 5.69 Å². The normalized spacial score (nSPS) is 17.2. The summed E-state index contributed by atoms with van der Waals surface area (Å²) < 4.78 is 5.87. The highest BCUT2D eigenvalue weighted by Crippen LogP contribution is 2.43. The molecule has 35 heavy (non-hydrogen) atoms. The predicted molar refractivity (Wildman–Crippen MR) is 132 cm³/mol. The highest BCUT2D eigenvalue weighted by atomic mass is 79.9. The van der Waals surface area contributed by atoms with Gasteiger partial charge in [0.1, 0.15) is 5.92 Å². The van der Waals surface area contributed by atoms with Gasteiger partial charge in [-0.3, -0.25) is 24.5 Å². The van der Waals surface area contributed by atoms with Crippen LogP contribution in [0.5, 0.6) is 0 Å². The summed E-state index contributed by atoms with van der Waals surface area (Å²) in [4.78, 5) is 49.1. The Balaban J connectivity index is 1.97. The summed E-state index contributed by atoms with van der Waals surface area (Å²) in [6.45, 7) is 1.54. The summed E-state index contributed by atoms with van der Waals surface area (Å²) in [7, 11) is 0. The zero-order valence-electron chi connectivity index (χ0n) is 18.3. The molecule has 0 radical (unpaired) electrons. The average Bonchev–Trinajstić information content (AvgIpc) is 2.83. The molecule has 180 valence electrons. The highest BCUT2D eigenvalue weighted by molar-refractivity contribution is 9.10. The molecule has 12 heteroatoms. The van der Waals surface area contributed by atoms with Crippen LogP contribution in [0.15, 0.2) is 63.6 Å². The Labute approximate surface area is 213 Å². The molecule has 0 saturated carbocycles. The quantitative estimate of drug-likeness (QED) is 0.214. The van der Waals surface area contributed by atoms with Gasteiger partial charge in [0, 0.05) is 21.8 Å². The molecule has 1 heterocycles. The van der Waals surface area contributed by atoms with Crippen LogP contribution in [-0.4, -0.2) is 35.1 Å². The molecule has 2 aromatic carbocycles. The van der Waals surface area contributed by atoms with E-state index in [0.717, 1.165) is 16.2 Å². The van der Waals surface area contributed by atoms with E-state index in [2.05, 4.69) is 26.6 Å². The van der Waals surface area contributed by atoms with E-state index in [-0.39, 0.29) is 34.2 Å². The summed E-state index contributed by atoms with van der Waals surface area (Å²) in [5.41, 5.74) is 0.172. The lowest BCUT2D eigenvalue weighted by atomic mass is 9.78. The number of thioether (sulfide) groups is 1. The van der Waals surface area contributed by atoms with Gasteiger partial charge >= 0.3 is 5.97 Å². The van der Waals surface area contributed by atoms with Crippen LogP contribution in [0.1, 0.15) is 18.4 Å². The molecule has 0 aliphatic carbocycles. The molecule has 0 spiro atoms. The molecular weight excluding hydrogens is 540 g/mol. The van der Waals surface area contributed by atoms with Crippen molar-refractivity contribution in [2.75, 3.05) is 17.7 Å². The lowest BCUT2D eigenvalue weighted by Crippen LogP contribution is -2.44. The molecule has 2 unspecified atom stereocenters. The van der Waals surface area contributed by atoms with Crippen LogP contribution in [0.4, 0.5) is 11.4 Å². The number of amides is 2. The Hall–Kier alpha value is -3.69. The molecule has 0 saturated heterocycles. The second-order valence-corrected chi connectivity index (χ2v) is 9.11. The van der Waals surface area contributed by atoms with E-state index in [1.165, 1.54) is 24.3 Å². The Kier molecular flexibility index (Phi) is 8.62. The molecule has 0 aromatic heterocycles. The van der Waals surface area contributed by atoms with Crippen LogP contribution in [0, 0.1) is 27.4 Å². The molecule has 2 aromatic rings. The molecular formula is C23H19BrN4O6S. The fraction of sp³-hybridized carbons (Fsp3) is 0.217. The maximum atomic E-state index is 13.0. The molecule has 2 atom stereocenters. The Bertz CT molecular complexity index is 1240. The van der Waals surface area contributed by atoms with Gasteiger partial charge in [0.05, 0.1) is 39.9 Å². The Morgan fingerprint density at radius 1 is 1.26 bits per heavy atom. The number of para-hydroxylation sites is 1. The number of allylic oxidation sites excluding steroid dienone is 1. The number of benzene rings is 2. The number of rotatable bonds is 8. The number of hydrogen-bond acceptors (Lipinski definition) is 8. The molecule has 2 N–H and O–H groups in total. The summed E-state index contributed by atoms with van der Waals surface area (Å²) in [6, 6.07) is 14.5. The van der Waals surface area contributed by atoms with Crippen molar-refractivity contribution in [3.63, 3.8) is 0 Å². The van der Waals surface area contributed by atoms with Crippen LogP contribution in [-0.2, 0) is 19.1 Å². The highest BCUT2D eigenvalue weighted by Gasteiger charge is 2.46. The SMILES string of the molecule is CCOC(=O)C1C(=O)NC(SCC(=O)Nc2ccc(Br)cc2)=C(C#N)C1c1ccccc1[N+](=O)[O-]. The number of hydrogen-bond donors (Lipinski definition) is 2. The zero-order chi connectivity index (χ0) is 25.5. The first-order valence-corrected chi connectivity index (χ1v) is 12.1. The van der Waals surface area contributed by atoms with Crippen LogP contribution >= 0.6 is 27.7 Å². The molecule has 2 amide bonds. The Morgan fingerprint density at radius 3 is 2.57 bits per heavy atom. The number of nitrogens with zero attached hydrogens (tertiary/aromatic N) is 2. The maximum Gasteiger partial charge on any atom is 0.319 e. The van der Waals surface area contributed by atoms with E-state index in [9.17, 15) is 29.8 Å². The minimum atomic E-state index is -1.51. The monoisotopic (exact) mass is 558 g/mol. The fourth-order valence-electron chi connectivity index (χ4n) is 3.55. The third kappa shape index (κ3) is 6.06. The van der Waals surface area contributed by atoms with E-state index >= 15 is 0 Å². The van der Waals surface area contributed by atoms with Gasteiger partial charge in [0.15, 0.2) is 0 Å². The van der Waals surface area contributed by atoms with Crippen molar-refractivity contribution in [3.05, 3.63) is 79.3 Å². The minimum Gasteiger partial charge on any atom is -0.465 e. The second kappa shape index (κ2) is 11.6. The van der Waals surface area contributed by atoms with Gasteiger partial charge in [-0.1, -0.05) is 45.9 Å². The third-order valence-electron chi connectivity index (χ3n) is 5.01. The van der Waals surface area contributed by atoms with Crippen LogP contribution in [0.2, 0.25) is 0 Å². The summed E-state index contributed by atoms with van der Waals surface area (Å²) in [5.74, 6) is -5.01. The smallest absolute Gasteiger partial charge is 0.319 e. The lowest BCUT2D eigenvalue weighted by molar-refractivity contribution is -0.385. The number of nitro benzene ring substituents is 1. The largest absolute Gasteiger partial charge is 0.465 e. The molecule has 0 fully saturated rings. The summed E-state index contributed by atoms with van der Waals surface area (Å²) in [6.07, 6.45) is 0. The van der Waals surface area contributed by atoms with E-state index < -0.39 is 34.5 Å². The van der Waals surface area contributed by atoms with Crippen molar-refractivity contribution >= 4 is 56.9 Å². The number of anilines is 1.